The molecule has 6 nitrogen and oxygen atoms in total. The van der Waals surface area contributed by atoms with Crippen LogP contribution in [-0.4, -0.2) is 28.6 Å². The normalized spacial score (nSPS) is 9.95. The van der Waals surface area contributed by atoms with Crippen LogP contribution in [0.3, 0.4) is 0 Å². The molecule has 0 aliphatic rings. The Balaban J connectivity index is 1.88. The number of carboxylic acids is 1. The lowest BCUT2D eigenvalue weighted by atomic mass is 10.3. The maximum absolute atomic E-state index is 11.7. The van der Waals surface area contributed by atoms with E-state index in [1.807, 2.05) is 0 Å². The standard InChI is InChI=1S/C14H11ClN2O4/c15-9-2-1-3-11(6-9)21-8-13(18)17-10-4-5-12(14(19)20)16-7-10/h1-7H,8H2,(H,17,18)(H,19,20). The Hall–Kier alpha value is -2.60. The molecular formula is C14H11ClN2O4. The molecule has 0 saturated carbocycles. The number of carboxylic acid groups (broad SMARTS) is 1. The summed E-state index contributed by atoms with van der Waals surface area (Å²) in [6.07, 6.45) is 1.26. The summed E-state index contributed by atoms with van der Waals surface area (Å²) in [6.45, 7) is -0.193. The van der Waals surface area contributed by atoms with Crippen molar-refractivity contribution in [3.63, 3.8) is 0 Å². The van der Waals surface area contributed by atoms with Crippen LogP contribution in [0.2, 0.25) is 5.02 Å². The number of carbonyl (C=O) groups excluding carboxylic acids is 1. The summed E-state index contributed by atoms with van der Waals surface area (Å²) in [5.41, 5.74) is 0.294. The van der Waals surface area contributed by atoms with Gasteiger partial charge in [-0.2, -0.15) is 0 Å². The number of nitrogens with one attached hydrogen (secondary N) is 1. The fourth-order valence-electron chi connectivity index (χ4n) is 1.50. The molecule has 0 saturated heterocycles. The summed E-state index contributed by atoms with van der Waals surface area (Å²) < 4.78 is 5.27. The first-order valence-corrected chi connectivity index (χ1v) is 6.30. The Labute approximate surface area is 125 Å². The van der Waals surface area contributed by atoms with Gasteiger partial charge in [-0.3, -0.25) is 4.79 Å². The molecule has 2 aromatic rings. The minimum Gasteiger partial charge on any atom is -0.484 e. The van der Waals surface area contributed by atoms with Crippen LogP contribution in [0.5, 0.6) is 5.75 Å². The first-order chi connectivity index (χ1) is 10.0. The van der Waals surface area contributed by atoms with Gasteiger partial charge in [0.25, 0.3) is 5.91 Å². The van der Waals surface area contributed by atoms with E-state index in [2.05, 4.69) is 10.3 Å². The highest BCUT2D eigenvalue weighted by atomic mass is 35.5. The summed E-state index contributed by atoms with van der Waals surface area (Å²) in [6, 6.07) is 9.44. The third kappa shape index (κ3) is 4.47. The van der Waals surface area contributed by atoms with Crippen molar-refractivity contribution in [2.24, 2.45) is 0 Å². The summed E-state index contributed by atoms with van der Waals surface area (Å²) >= 11 is 5.79. The van der Waals surface area contributed by atoms with E-state index in [4.69, 9.17) is 21.4 Å². The monoisotopic (exact) mass is 306 g/mol. The molecular weight excluding hydrogens is 296 g/mol. The van der Waals surface area contributed by atoms with Gasteiger partial charge in [-0.05, 0) is 30.3 Å². The smallest absolute Gasteiger partial charge is 0.354 e. The molecule has 0 fully saturated rings. The highest BCUT2D eigenvalue weighted by Crippen LogP contribution is 2.17. The van der Waals surface area contributed by atoms with Crippen LogP contribution in [-0.2, 0) is 4.79 Å². The lowest BCUT2D eigenvalue weighted by Crippen LogP contribution is -2.20. The molecule has 1 aromatic heterocycles. The number of anilines is 1. The number of benzene rings is 1. The largest absolute Gasteiger partial charge is 0.484 e. The number of hydrogen-bond acceptors (Lipinski definition) is 4. The number of carbonyl (C=O) groups is 2. The molecule has 0 aliphatic heterocycles. The Bertz CT molecular complexity index is 658. The number of hydrogen-bond donors (Lipinski definition) is 2. The molecule has 2 rings (SSSR count). The molecule has 1 heterocycles. The van der Waals surface area contributed by atoms with Crippen LogP contribution in [0.4, 0.5) is 5.69 Å². The summed E-state index contributed by atoms with van der Waals surface area (Å²) in [7, 11) is 0. The van der Waals surface area contributed by atoms with Gasteiger partial charge in [0.15, 0.2) is 6.61 Å². The van der Waals surface area contributed by atoms with Crippen LogP contribution in [0, 0.1) is 0 Å². The van der Waals surface area contributed by atoms with Crippen LogP contribution in [0.1, 0.15) is 10.5 Å². The molecule has 2 N–H and O–H groups in total. The number of aromatic nitrogens is 1. The van der Waals surface area contributed by atoms with Gasteiger partial charge in [0.1, 0.15) is 11.4 Å². The fraction of sp³-hybridized carbons (Fsp3) is 0.0714. The topological polar surface area (TPSA) is 88.5 Å². The van der Waals surface area contributed by atoms with Gasteiger partial charge < -0.3 is 15.2 Å². The maximum Gasteiger partial charge on any atom is 0.354 e. The van der Waals surface area contributed by atoms with Gasteiger partial charge >= 0.3 is 5.97 Å². The number of pyridine rings is 1. The second kappa shape index (κ2) is 6.71. The third-order valence-electron chi connectivity index (χ3n) is 2.43. The van der Waals surface area contributed by atoms with Crippen molar-refractivity contribution in [2.75, 3.05) is 11.9 Å². The van der Waals surface area contributed by atoms with Gasteiger partial charge in [-0.1, -0.05) is 17.7 Å². The molecule has 1 amide bonds. The highest BCUT2D eigenvalue weighted by molar-refractivity contribution is 6.30. The molecule has 0 bridgehead atoms. The Morgan fingerprint density at radius 3 is 2.71 bits per heavy atom. The number of aromatic carboxylic acids is 1. The molecule has 0 radical (unpaired) electrons. The van der Waals surface area contributed by atoms with E-state index in [1.54, 1.807) is 24.3 Å². The predicted octanol–water partition coefficient (Wildman–Crippen LogP) is 2.45. The van der Waals surface area contributed by atoms with Crippen molar-refractivity contribution in [1.82, 2.24) is 4.98 Å². The molecule has 0 aliphatic carbocycles. The molecule has 108 valence electrons. The van der Waals surface area contributed by atoms with Crippen LogP contribution >= 0.6 is 11.6 Å². The average Bonchev–Trinajstić information content (AvgIpc) is 2.46. The summed E-state index contributed by atoms with van der Waals surface area (Å²) in [5.74, 6) is -1.03. The predicted molar refractivity (Wildman–Crippen MR) is 76.8 cm³/mol. The molecule has 0 unspecified atom stereocenters. The number of rotatable bonds is 5. The molecule has 0 spiro atoms. The van der Waals surface area contributed by atoms with E-state index >= 15 is 0 Å². The highest BCUT2D eigenvalue weighted by Gasteiger charge is 2.07. The van der Waals surface area contributed by atoms with E-state index in [-0.39, 0.29) is 18.2 Å². The summed E-state index contributed by atoms with van der Waals surface area (Å²) in [4.78, 5) is 26.0. The zero-order valence-corrected chi connectivity index (χ0v) is 11.5. The average molecular weight is 307 g/mol. The molecule has 21 heavy (non-hydrogen) atoms. The quantitative estimate of drug-likeness (QED) is 0.885. The van der Waals surface area contributed by atoms with Gasteiger partial charge in [-0.15, -0.1) is 0 Å². The van der Waals surface area contributed by atoms with E-state index in [1.165, 1.54) is 18.3 Å². The minimum absolute atomic E-state index is 0.0943. The van der Waals surface area contributed by atoms with E-state index < -0.39 is 5.97 Å². The lowest BCUT2D eigenvalue weighted by molar-refractivity contribution is -0.118. The van der Waals surface area contributed by atoms with Crippen molar-refractivity contribution in [2.45, 2.75) is 0 Å². The SMILES string of the molecule is O=C(COc1cccc(Cl)c1)Nc1ccc(C(=O)O)nc1. The fourth-order valence-corrected chi connectivity index (χ4v) is 1.68. The van der Waals surface area contributed by atoms with Crippen LogP contribution in [0.25, 0.3) is 0 Å². The van der Waals surface area contributed by atoms with Gasteiger partial charge in [-0.25, -0.2) is 9.78 Å². The Kier molecular flexibility index (Phi) is 4.73. The van der Waals surface area contributed by atoms with Crippen molar-refractivity contribution < 1.29 is 19.4 Å². The Morgan fingerprint density at radius 2 is 2.10 bits per heavy atom. The van der Waals surface area contributed by atoms with Crippen LogP contribution < -0.4 is 10.1 Å². The van der Waals surface area contributed by atoms with Gasteiger partial charge in [0.05, 0.1) is 11.9 Å². The van der Waals surface area contributed by atoms with Crippen LogP contribution in [0.15, 0.2) is 42.6 Å². The maximum atomic E-state index is 11.7. The first-order valence-electron chi connectivity index (χ1n) is 5.92. The first kappa shape index (κ1) is 14.8. The third-order valence-corrected chi connectivity index (χ3v) is 2.67. The molecule has 7 heteroatoms. The van der Waals surface area contributed by atoms with E-state index in [9.17, 15) is 9.59 Å². The van der Waals surface area contributed by atoms with E-state index in [0.717, 1.165) is 0 Å². The lowest BCUT2D eigenvalue weighted by Gasteiger charge is -2.07. The van der Waals surface area contributed by atoms with Gasteiger partial charge in [0.2, 0.25) is 0 Å². The number of ether oxygens (including phenoxy) is 1. The second-order valence-corrected chi connectivity index (χ2v) is 4.47. The summed E-state index contributed by atoms with van der Waals surface area (Å²) in [5, 5.41) is 11.8. The zero-order chi connectivity index (χ0) is 15.2. The van der Waals surface area contributed by atoms with Crippen molar-refractivity contribution in [3.05, 3.63) is 53.3 Å². The number of nitrogens with zero attached hydrogens (tertiary/aromatic N) is 1. The minimum atomic E-state index is -1.13. The van der Waals surface area contributed by atoms with Crippen molar-refractivity contribution in [3.8, 4) is 5.75 Å². The molecule has 1 aromatic carbocycles. The number of amides is 1. The van der Waals surface area contributed by atoms with Crippen molar-refractivity contribution >= 4 is 29.2 Å². The zero-order valence-electron chi connectivity index (χ0n) is 10.7. The Morgan fingerprint density at radius 1 is 1.29 bits per heavy atom. The van der Waals surface area contributed by atoms with Gasteiger partial charge in [0, 0.05) is 5.02 Å². The molecule has 0 atom stereocenters. The second-order valence-electron chi connectivity index (χ2n) is 4.03. The van der Waals surface area contributed by atoms with E-state index in [0.29, 0.717) is 16.5 Å². The number of halogens is 1. The van der Waals surface area contributed by atoms with Crippen molar-refractivity contribution in [1.29, 1.82) is 0 Å².